The summed E-state index contributed by atoms with van der Waals surface area (Å²) in [5, 5.41) is 0.576. The van der Waals surface area contributed by atoms with Crippen LogP contribution in [0, 0.1) is 0 Å². The summed E-state index contributed by atoms with van der Waals surface area (Å²) in [5.41, 5.74) is 8.04. The van der Waals surface area contributed by atoms with Crippen molar-refractivity contribution in [3.8, 4) is 5.75 Å². The highest BCUT2D eigenvalue weighted by molar-refractivity contribution is 6.31. The van der Waals surface area contributed by atoms with E-state index in [1.807, 2.05) is 37.3 Å². The third-order valence-corrected chi connectivity index (χ3v) is 2.98. The van der Waals surface area contributed by atoms with Gasteiger partial charge in [-0.2, -0.15) is 0 Å². The molecule has 0 radical (unpaired) electrons. The van der Waals surface area contributed by atoms with E-state index in [0.717, 1.165) is 16.9 Å². The summed E-state index contributed by atoms with van der Waals surface area (Å²) in [5.74, 6) is 0.815. The van der Waals surface area contributed by atoms with Gasteiger partial charge in [0.15, 0.2) is 0 Å². The maximum Gasteiger partial charge on any atom is 0.119 e. The van der Waals surface area contributed by atoms with Gasteiger partial charge in [-0.1, -0.05) is 23.7 Å². The Bertz CT molecular complexity index is 531. The maximum atomic E-state index is 6.21. The van der Waals surface area contributed by atoms with E-state index < -0.39 is 0 Å². The minimum absolute atomic E-state index is 0.277. The first-order chi connectivity index (χ1) is 8.72. The van der Waals surface area contributed by atoms with E-state index in [1.165, 1.54) is 0 Å². The summed E-state index contributed by atoms with van der Waals surface area (Å²) < 4.78 is 5.46. The number of ether oxygens (including phenoxy) is 1. The first kappa shape index (κ1) is 12.9. The molecular formula is C14H15ClN2O. The highest BCUT2D eigenvalue weighted by Crippen LogP contribution is 2.27. The van der Waals surface area contributed by atoms with Crippen LogP contribution in [0.4, 0.5) is 0 Å². The summed E-state index contributed by atoms with van der Waals surface area (Å²) in [7, 11) is 0. The number of halogens is 1. The second kappa shape index (κ2) is 5.85. The fourth-order valence-corrected chi connectivity index (χ4v) is 2.02. The third kappa shape index (κ3) is 2.81. The Kier molecular flexibility index (Phi) is 4.18. The van der Waals surface area contributed by atoms with Crippen molar-refractivity contribution in [2.24, 2.45) is 5.73 Å². The zero-order valence-corrected chi connectivity index (χ0v) is 10.9. The fourth-order valence-electron chi connectivity index (χ4n) is 1.78. The van der Waals surface area contributed by atoms with Crippen molar-refractivity contribution >= 4 is 11.6 Å². The lowest BCUT2D eigenvalue weighted by Gasteiger charge is -2.15. The van der Waals surface area contributed by atoms with Gasteiger partial charge in [0.25, 0.3) is 0 Å². The van der Waals surface area contributed by atoms with Gasteiger partial charge in [0.05, 0.1) is 17.7 Å². The van der Waals surface area contributed by atoms with Crippen LogP contribution >= 0.6 is 11.6 Å². The molecule has 2 aromatic rings. The topological polar surface area (TPSA) is 48.1 Å². The van der Waals surface area contributed by atoms with Gasteiger partial charge >= 0.3 is 0 Å². The van der Waals surface area contributed by atoms with Crippen LogP contribution < -0.4 is 10.5 Å². The molecule has 18 heavy (non-hydrogen) atoms. The summed E-state index contributed by atoms with van der Waals surface area (Å²) in [6, 6.07) is 9.29. The number of nitrogens with zero attached hydrogens (tertiary/aromatic N) is 1. The minimum atomic E-state index is -0.277. The molecule has 3 nitrogen and oxygen atoms in total. The number of nitrogens with two attached hydrogens (primary N) is 1. The van der Waals surface area contributed by atoms with Crippen LogP contribution in [0.15, 0.2) is 42.7 Å². The van der Waals surface area contributed by atoms with Gasteiger partial charge < -0.3 is 10.5 Å². The molecule has 0 saturated heterocycles. The zero-order valence-electron chi connectivity index (χ0n) is 10.1. The van der Waals surface area contributed by atoms with E-state index in [4.69, 9.17) is 22.1 Å². The van der Waals surface area contributed by atoms with Crippen molar-refractivity contribution in [2.45, 2.75) is 13.0 Å². The summed E-state index contributed by atoms with van der Waals surface area (Å²) in [6.45, 7) is 2.58. The lowest BCUT2D eigenvalue weighted by Crippen LogP contribution is -2.12. The molecule has 0 amide bonds. The molecule has 1 heterocycles. The van der Waals surface area contributed by atoms with Gasteiger partial charge in [-0.25, -0.2) is 0 Å². The smallest absolute Gasteiger partial charge is 0.119 e. The molecule has 0 bridgehead atoms. The van der Waals surface area contributed by atoms with Gasteiger partial charge in [0, 0.05) is 12.4 Å². The minimum Gasteiger partial charge on any atom is -0.494 e. The molecule has 0 aliphatic heterocycles. The fraction of sp³-hybridized carbons (Fsp3) is 0.214. The van der Waals surface area contributed by atoms with Crippen molar-refractivity contribution in [1.29, 1.82) is 0 Å². The quantitative estimate of drug-likeness (QED) is 0.921. The Morgan fingerprint density at radius 3 is 2.94 bits per heavy atom. The first-order valence-electron chi connectivity index (χ1n) is 5.80. The molecule has 0 saturated carbocycles. The predicted octanol–water partition coefficient (Wildman–Crippen LogP) is 3.18. The van der Waals surface area contributed by atoms with Crippen LogP contribution in [0.5, 0.6) is 5.75 Å². The lowest BCUT2D eigenvalue weighted by molar-refractivity contribution is 0.340. The monoisotopic (exact) mass is 262 g/mol. The van der Waals surface area contributed by atoms with Gasteiger partial charge in [-0.05, 0) is 36.2 Å². The molecule has 1 aromatic heterocycles. The molecule has 0 aliphatic carbocycles. The molecule has 2 N–H and O–H groups in total. The maximum absolute atomic E-state index is 6.21. The molecule has 94 valence electrons. The highest BCUT2D eigenvalue weighted by Gasteiger charge is 2.12. The summed E-state index contributed by atoms with van der Waals surface area (Å²) >= 11 is 6.10. The largest absolute Gasteiger partial charge is 0.494 e. The van der Waals surface area contributed by atoms with Crippen molar-refractivity contribution < 1.29 is 4.74 Å². The van der Waals surface area contributed by atoms with E-state index >= 15 is 0 Å². The molecule has 1 unspecified atom stereocenters. The van der Waals surface area contributed by atoms with E-state index in [0.29, 0.717) is 11.6 Å². The standard InChI is InChI=1S/C14H15ClN2O/c1-2-18-11-5-3-4-10(8-11)14(16)12-6-7-17-9-13(12)15/h3-9,14H,2,16H2,1H3. The third-order valence-electron chi connectivity index (χ3n) is 2.67. The van der Waals surface area contributed by atoms with Crippen LogP contribution in [-0.4, -0.2) is 11.6 Å². The van der Waals surface area contributed by atoms with Crippen LogP contribution in [0.3, 0.4) is 0 Å². The van der Waals surface area contributed by atoms with E-state index in [9.17, 15) is 0 Å². The van der Waals surface area contributed by atoms with E-state index in [1.54, 1.807) is 12.4 Å². The molecular weight excluding hydrogens is 248 g/mol. The van der Waals surface area contributed by atoms with Crippen molar-refractivity contribution in [2.75, 3.05) is 6.61 Å². The number of hydrogen-bond donors (Lipinski definition) is 1. The van der Waals surface area contributed by atoms with Crippen molar-refractivity contribution in [3.05, 3.63) is 58.9 Å². The van der Waals surface area contributed by atoms with Gasteiger partial charge in [0.1, 0.15) is 5.75 Å². The lowest BCUT2D eigenvalue weighted by atomic mass is 10.0. The number of hydrogen-bond acceptors (Lipinski definition) is 3. The van der Waals surface area contributed by atoms with Crippen LogP contribution in [-0.2, 0) is 0 Å². The number of rotatable bonds is 4. The van der Waals surface area contributed by atoms with E-state index in [2.05, 4.69) is 4.98 Å². The second-order valence-corrected chi connectivity index (χ2v) is 4.29. The molecule has 1 aromatic carbocycles. The molecule has 4 heteroatoms. The number of benzene rings is 1. The van der Waals surface area contributed by atoms with Crippen LogP contribution in [0.25, 0.3) is 0 Å². The zero-order chi connectivity index (χ0) is 13.0. The highest BCUT2D eigenvalue weighted by atomic mass is 35.5. The number of pyridine rings is 1. The van der Waals surface area contributed by atoms with Crippen LogP contribution in [0.2, 0.25) is 5.02 Å². The Labute approximate surface area is 112 Å². The van der Waals surface area contributed by atoms with Crippen molar-refractivity contribution in [1.82, 2.24) is 4.98 Å². The van der Waals surface area contributed by atoms with Crippen LogP contribution in [0.1, 0.15) is 24.1 Å². The predicted molar refractivity (Wildman–Crippen MR) is 72.9 cm³/mol. The summed E-state index contributed by atoms with van der Waals surface area (Å²) in [6.07, 6.45) is 3.29. The molecule has 0 spiro atoms. The Morgan fingerprint density at radius 1 is 1.39 bits per heavy atom. The molecule has 0 fully saturated rings. The normalized spacial score (nSPS) is 12.2. The van der Waals surface area contributed by atoms with Gasteiger partial charge in [-0.3, -0.25) is 4.98 Å². The first-order valence-corrected chi connectivity index (χ1v) is 6.18. The van der Waals surface area contributed by atoms with Gasteiger partial charge in [-0.15, -0.1) is 0 Å². The Hall–Kier alpha value is -1.58. The van der Waals surface area contributed by atoms with E-state index in [-0.39, 0.29) is 6.04 Å². The average Bonchev–Trinajstić information content (AvgIpc) is 2.39. The van der Waals surface area contributed by atoms with Gasteiger partial charge in [0.2, 0.25) is 0 Å². The molecule has 0 aliphatic rings. The SMILES string of the molecule is CCOc1cccc(C(N)c2ccncc2Cl)c1. The summed E-state index contributed by atoms with van der Waals surface area (Å²) in [4.78, 5) is 3.96. The Morgan fingerprint density at radius 2 is 2.22 bits per heavy atom. The average molecular weight is 263 g/mol. The Balaban J connectivity index is 2.31. The molecule has 1 atom stereocenters. The van der Waals surface area contributed by atoms with Crippen molar-refractivity contribution in [3.63, 3.8) is 0 Å². The molecule has 2 rings (SSSR count). The number of aromatic nitrogens is 1. The second-order valence-electron chi connectivity index (χ2n) is 3.88.